The lowest BCUT2D eigenvalue weighted by molar-refractivity contribution is -0.140. The van der Waals surface area contributed by atoms with E-state index < -0.39 is 6.04 Å². The molecule has 5 nitrogen and oxygen atoms in total. The summed E-state index contributed by atoms with van der Waals surface area (Å²) in [5.74, 6) is -0.176. The minimum absolute atomic E-state index is 0.0632. The lowest BCUT2D eigenvalue weighted by Crippen LogP contribution is -2.47. The molecule has 0 aliphatic carbocycles. The maximum Gasteiger partial charge on any atom is 0.247 e. The SMILES string of the molecule is CC(=O)N1CCc2ccccc2C1C(=O)NCC1CCCO1. The molecule has 2 heterocycles. The van der Waals surface area contributed by atoms with Crippen LogP contribution in [0.4, 0.5) is 0 Å². The summed E-state index contributed by atoms with van der Waals surface area (Å²) in [6.45, 7) is 3.40. The van der Waals surface area contributed by atoms with Gasteiger partial charge in [0, 0.05) is 26.6 Å². The molecule has 1 aromatic carbocycles. The number of fused-ring (bicyclic) bond motifs is 1. The number of nitrogens with one attached hydrogen (secondary N) is 1. The molecule has 22 heavy (non-hydrogen) atoms. The van der Waals surface area contributed by atoms with Crippen LogP contribution in [0.1, 0.15) is 36.9 Å². The molecule has 0 spiro atoms. The Morgan fingerprint density at radius 2 is 2.18 bits per heavy atom. The minimum Gasteiger partial charge on any atom is -0.376 e. The van der Waals surface area contributed by atoms with Gasteiger partial charge in [-0.1, -0.05) is 24.3 Å². The van der Waals surface area contributed by atoms with Gasteiger partial charge in [0.2, 0.25) is 11.8 Å². The normalized spacial score (nSPS) is 24.0. The van der Waals surface area contributed by atoms with E-state index >= 15 is 0 Å². The number of nitrogens with zero attached hydrogens (tertiary/aromatic N) is 1. The van der Waals surface area contributed by atoms with Gasteiger partial charge in [-0.15, -0.1) is 0 Å². The van der Waals surface area contributed by atoms with Gasteiger partial charge < -0.3 is 15.0 Å². The first-order valence-corrected chi connectivity index (χ1v) is 7.91. The average molecular weight is 302 g/mol. The molecular formula is C17H22N2O3. The molecule has 1 saturated heterocycles. The van der Waals surface area contributed by atoms with Gasteiger partial charge in [-0.2, -0.15) is 0 Å². The van der Waals surface area contributed by atoms with Crippen molar-refractivity contribution in [3.63, 3.8) is 0 Å². The van der Waals surface area contributed by atoms with E-state index in [1.807, 2.05) is 24.3 Å². The van der Waals surface area contributed by atoms with Gasteiger partial charge in [0.15, 0.2) is 0 Å². The number of benzene rings is 1. The van der Waals surface area contributed by atoms with Crippen LogP contribution in [0.5, 0.6) is 0 Å². The van der Waals surface area contributed by atoms with Crippen molar-refractivity contribution >= 4 is 11.8 Å². The first-order chi connectivity index (χ1) is 10.7. The summed E-state index contributed by atoms with van der Waals surface area (Å²) in [5.41, 5.74) is 2.09. The van der Waals surface area contributed by atoms with Gasteiger partial charge in [0.25, 0.3) is 0 Å². The Balaban J connectivity index is 1.77. The summed E-state index contributed by atoms with van der Waals surface area (Å²) in [6.07, 6.45) is 2.93. The van der Waals surface area contributed by atoms with E-state index in [-0.39, 0.29) is 17.9 Å². The Morgan fingerprint density at radius 1 is 1.36 bits per heavy atom. The number of rotatable bonds is 3. The Bertz CT molecular complexity index is 567. The van der Waals surface area contributed by atoms with Crippen LogP contribution in [0.25, 0.3) is 0 Å². The molecule has 1 fully saturated rings. The van der Waals surface area contributed by atoms with E-state index in [1.165, 1.54) is 6.92 Å². The molecule has 118 valence electrons. The summed E-state index contributed by atoms with van der Waals surface area (Å²) in [6, 6.07) is 7.35. The van der Waals surface area contributed by atoms with E-state index in [2.05, 4.69) is 5.32 Å². The number of ether oxygens (including phenoxy) is 1. The summed E-state index contributed by atoms with van der Waals surface area (Å²) >= 11 is 0. The quantitative estimate of drug-likeness (QED) is 0.919. The number of hydrogen-bond donors (Lipinski definition) is 1. The van der Waals surface area contributed by atoms with E-state index in [9.17, 15) is 9.59 Å². The van der Waals surface area contributed by atoms with E-state index in [4.69, 9.17) is 4.74 Å². The molecule has 2 aliphatic rings. The van der Waals surface area contributed by atoms with Crippen LogP contribution in [-0.4, -0.2) is 42.5 Å². The van der Waals surface area contributed by atoms with Crippen LogP contribution in [0, 0.1) is 0 Å². The zero-order chi connectivity index (χ0) is 15.5. The molecule has 0 saturated carbocycles. The van der Waals surface area contributed by atoms with E-state index in [0.717, 1.165) is 37.0 Å². The standard InChI is InChI=1S/C17H22N2O3/c1-12(20)19-9-8-13-5-2-3-7-15(13)16(19)17(21)18-11-14-6-4-10-22-14/h2-3,5,7,14,16H,4,6,8-11H2,1H3,(H,18,21). The highest BCUT2D eigenvalue weighted by molar-refractivity contribution is 5.88. The number of carbonyl (C=O) groups excluding carboxylic acids is 2. The molecule has 1 N–H and O–H groups in total. The molecule has 3 rings (SSSR count). The van der Waals surface area contributed by atoms with Gasteiger partial charge in [-0.05, 0) is 30.4 Å². The predicted molar refractivity (Wildman–Crippen MR) is 82.3 cm³/mol. The Labute approximate surface area is 130 Å². The van der Waals surface area contributed by atoms with Crippen molar-refractivity contribution in [2.45, 2.75) is 38.3 Å². The van der Waals surface area contributed by atoms with Crippen molar-refractivity contribution in [3.8, 4) is 0 Å². The first-order valence-electron chi connectivity index (χ1n) is 7.91. The summed E-state index contributed by atoms with van der Waals surface area (Å²) in [4.78, 5) is 26.2. The Hall–Kier alpha value is -1.88. The molecule has 2 unspecified atom stereocenters. The molecule has 0 aromatic heterocycles. The first kappa shape index (κ1) is 15.0. The van der Waals surface area contributed by atoms with Crippen molar-refractivity contribution in [3.05, 3.63) is 35.4 Å². The monoisotopic (exact) mass is 302 g/mol. The fraction of sp³-hybridized carbons (Fsp3) is 0.529. The summed E-state index contributed by atoms with van der Waals surface area (Å²) < 4.78 is 5.54. The van der Waals surface area contributed by atoms with Crippen LogP contribution >= 0.6 is 0 Å². The van der Waals surface area contributed by atoms with Crippen LogP contribution < -0.4 is 5.32 Å². The maximum atomic E-state index is 12.7. The third-order valence-electron chi connectivity index (χ3n) is 4.46. The number of hydrogen-bond acceptors (Lipinski definition) is 3. The molecule has 2 atom stereocenters. The van der Waals surface area contributed by atoms with Crippen molar-refractivity contribution in [1.82, 2.24) is 10.2 Å². The minimum atomic E-state index is -0.524. The second kappa shape index (κ2) is 6.48. The van der Waals surface area contributed by atoms with Gasteiger partial charge in [-0.3, -0.25) is 9.59 Å². The van der Waals surface area contributed by atoms with E-state index in [0.29, 0.717) is 13.1 Å². The van der Waals surface area contributed by atoms with Crippen molar-refractivity contribution in [2.24, 2.45) is 0 Å². The average Bonchev–Trinajstić information content (AvgIpc) is 3.04. The second-order valence-electron chi connectivity index (χ2n) is 5.94. The van der Waals surface area contributed by atoms with Crippen LogP contribution in [-0.2, 0) is 20.7 Å². The molecular weight excluding hydrogens is 280 g/mol. The maximum absolute atomic E-state index is 12.7. The Morgan fingerprint density at radius 3 is 2.91 bits per heavy atom. The van der Waals surface area contributed by atoms with Crippen molar-refractivity contribution in [1.29, 1.82) is 0 Å². The van der Waals surface area contributed by atoms with Crippen molar-refractivity contribution < 1.29 is 14.3 Å². The molecule has 2 aliphatic heterocycles. The molecule has 2 amide bonds. The molecule has 0 bridgehead atoms. The lowest BCUT2D eigenvalue weighted by atomic mass is 9.92. The van der Waals surface area contributed by atoms with Gasteiger partial charge >= 0.3 is 0 Å². The highest BCUT2D eigenvalue weighted by atomic mass is 16.5. The van der Waals surface area contributed by atoms with Gasteiger partial charge in [0.1, 0.15) is 6.04 Å². The fourth-order valence-electron chi connectivity index (χ4n) is 3.30. The fourth-order valence-corrected chi connectivity index (χ4v) is 3.30. The smallest absolute Gasteiger partial charge is 0.247 e. The summed E-state index contributed by atoms with van der Waals surface area (Å²) in [7, 11) is 0. The van der Waals surface area contributed by atoms with Crippen LogP contribution in [0.3, 0.4) is 0 Å². The zero-order valence-corrected chi connectivity index (χ0v) is 12.9. The molecule has 1 aromatic rings. The van der Waals surface area contributed by atoms with Crippen LogP contribution in [0.15, 0.2) is 24.3 Å². The summed E-state index contributed by atoms with van der Waals surface area (Å²) in [5, 5.41) is 2.96. The van der Waals surface area contributed by atoms with E-state index in [1.54, 1.807) is 4.90 Å². The third-order valence-corrected chi connectivity index (χ3v) is 4.46. The topological polar surface area (TPSA) is 58.6 Å². The van der Waals surface area contributed by atoms with Gasteiger partial charge in [0.05, 0.1) is 6.10 Å². The molecule has 5 heteroatoms. The zero-order valence-electron chi connectivity index (χ0n) is 12.9. The second-order valence-corrected chi connectivity index (χ2v) is 5.94. The number of amides is 2. The lowest BCUT2D eigenvalue weighted by Gasteiger charge is -2.35. The third kappa shape index (κ3) is 2.99. The number of carbonyl (C=O) groups is 2. The highest BCUT2D eigenvalue weighted by Crippen LogP contribution is 2.30. The highest BCUT2D eigenvalue weighted by Gasteiger charge is 2.34. The largest absolute Gasteiger partial charge is 0.376 e. The van der Waals surface area contributed by atoms with Crippen molar-refractivity contribution in [2.75, 3.05) is 19.7 Å². The van der Waals surface area contributed by atoms with Crippen LogP contribution in [0.2, 0.25) is 0 Å². The molecule has 0 radical (unpaired) electrons. The Kier molecular flexibility index (Phi) is 4.43. The predicted octanol–water partition coefficient (Wildman–Crippen LogP) is 1.43. The van der Waals surface area contributed by atoms with Gasteiger partial charge in [-0.25, -0.2) is 0 Å².